The summed E-state index contributed by atoms with van der Waals surface area (Å²) in [6, 6.07) is 14.0. The number of hydrogen-bond donors (Lipinski definition) is 1. The molecular weight excluding hydrogens is 534 g/mol. The molecule has 4 heterocycles. The average Bonchev–Trinajstić information content (AvgIpc) is 3.31. The van der Waals surface area contributed by atoms with Crippen LogP contribution in [0.4, 0.5) is 16.3 Å². The molecule has 6 rings (SSSR count). The second-order valence-corrected chi connectivity index (χ2v) is 11.8. The molecular formula is C31H37N7O4. The van der Waals surface area contributed by atoms with Crippen molar-refractivity contribution in [2.75, 3.05) is 62.3 Å². The molecule has 0 radical (unpaired) electrons. The van der Waals surface area contributed by atoms with E-state index in [4.69, 9.17) is 25.2 Å². The van der Waals surface area contributed by atoms with Crippen LogP contribution in [-0.4, -0.2) is 89.5 Å². The summed E-state index contributed by atoms with van der Waals surface area (Å²) < 4.78 is 13.2. The zero-order chi connectivity index (χ0) is 29.6. The SMILES string of the molecule is Cc1nc2c(C(N)=O)cc(N3CCOCC3)cc2n1-c1cc(N2CCN(C(=O)OC(C)(C)C)CC2)nc2ccccc12. The van der Waals surface area contributed by atoms with Crippen LogP contribution in [0.2, 0.25) is 0 Å². The predicted octanol–water partition coefficient (Wildman–Crippen LogP) is 3.87. The number of aryl methyl sites for hydroxylation is 1. The van der Waals surface area contributed by atoms with E-state index in [-0.39, 0.29) is 6.09 Å². The third-order valence-corrected chi connectivity index (χ3v) is 7.73. The van der Waals surface area contributed by atoms with E-state index >= 15 is 0 Å². The van der Waals surface area contributed by atoms with E-state index in [1.807, 2.05) is 58.0 Å². The molecule has 0 atom stereocenters. The van der Waals surface area contributed by atoms with Gasteiger partial charge in [0.15, 0.2) is 0 Å². The maximum absolute atomic E-state index is 12.6. The summed E-state index contributed by atoms with van der Waals surface area (Å²) in [7, 11) is 0. The van der Waals surface area contributed by atoms with Gasteiger partial charge in [-0.15, -0.1) is 0 Å². The molecule has 11 nitrogen and oxygen atoms in total. The number of piperazine rings is 1. The smallest absolute Gasteiger partial charge is 0.410 e. The van der Waals surface area contributed by atoms with Gasteiger partial charge in [0.25, 0.3) is 5.91 Å². The van der Waals surface area contributed by atoms with Crippen LogP contribution < -0.4 is 15.5 Å². The molecule has 2 amide bonds. The fraction of sp³-hybridized carbons (Fsp3) is 0.419. The maximum atomic E-state index is 12.6. The molecule has 2 aliphatic heterocycles. The molecule has 220 valence electrons. The van der Waals surface area contributed by atoms with Crippen molar-refractivity contribution in [2.24, 2.45) is 5.73 Å². The van der Waals surface area contributed by atoms with Crippen molar-refractivity contribution in [2.45, 2.75) is 33.3 Å². The Morgan fingerprint density at radius 2 is 1.64 bits per heavy atom. The number of para-hydroxylation sites is 1. The first kappa shape index (κ1) is 27.8. The average molecular weight is 572 g/mol. The normalized spacial score (nSPS) is 16.3. The van der Waals surface area contributed by atoms with E-state index < -0.39 is 11.5 Å². The van der Waals surface area contributed by atoms with Gasteiger partial charge in [0.2, 0.25) is 0 Å². The van der Waals surface area contributed by atoms with Crippen molar-refractivity contribution >= 4 is 45.4 Å². The first-order chi connectivity index (χ1) is 20.1. The number of fused-ring (bicyclic) bond motifs is 2. The van der Waals surface area contributed by atoms with Gasteiger partial charge in [0.1, 0.15) is 22.8 Å². The molecule has 42 heavy (non-hydrogen) atoms. The molecule has 0 aliphatic carbocycles. The lowest BCUT2D eigenvalue weighted by Crippen LogP contribution is -2.50. The van der Waals surface area contributed by atoms with Crippen LogP contribution in [0.15, 0.2) is 42.5 Å². The first-order valence-electron chi connectivity index (χ1n) is 14.4. The Balaban J connectivity index is 1.43. The highest BCUT2D eigenvalue weighted by Gasteiger charge is 2.27. The van der Waals surface area contributed by atoms with Crippen LogP contribution in [-0.2, 0) is 9.47 Å². The highest BCUT2D eigenvalue weighted by atomic mass is 16.6. The second-order valence-electron chi connectivity index (χ2n) is 11.8. The monoisotopic (exact) mass is 571 g/mol. The van der Waals surface area contributed by atoms with Crippen molar-refractivity contribution in [3.8, 4) is 5.69 Å². The van der Waals surface area contributed by atoms with Gasteiger partial charge in [0, 0.05) is 56.4 Å². The minimum atomic E-state index is -0.537. The van der Waals surface area contributed by atoms with Gasteiger partial charge in [-0.2, -0.15) is 0 Å². The van der Waals surface area contributed by atoms with Gasteiger partial charge in [-0.25, -0.2) is 14.8 Å². The van der Waals surface area contributed by atoms with Crippen molar-refractivity contribution < 1.29 is 19.1 Å². The molecule has 2 saturated heterocycles. The number of carbonyl (C=O) groups is 2. The number of pyridine rings is 1. The quantitative estimate of drug-likeness (QED) is 0.392. The van der Waals surface area contributed by atoms with Crippen LogP contribution in [0.5, 0.6) is 0 Å². The molecule has 2 fully saturated rings. The van der Waals surface area contributed by atoms with Gasteiger partial charge < -0.3 is 29.9 Å². The van der Waals surface area contributed by atoms with Crippen molar-refractivity contribution in [1.82, 2.24) is 19.4 Å². The number of nitrogens with two attached hydrogens (primary N) is 1. The minimum Gasteiger partial charge on any atom is -0.444 e. The van der Waals surface area contributed by atoms with Crippen molar-refractivity contribution in [3.63, 3.8) is 0 Å². The fourth-order valence-corrected chi connectivity index (χ4v) is 5.71. The first-order valence-corrected chi connectivity index (χ1v) is 14.4. The standard InChI is InChI=1S/C31H37N7O4/c1-20-33-28-23(29(32)39)17-21(35-13-15-41-16-14-35)18-26(28)38(20)25-19-27(34-24-8-6-5-7-22(24)25)36-9-11-37(12-10-36)30(40)42-31(2,3)4/h5-8,17-19H,9-16H2,1-4H3,(H2,32,39). The summed E-state index contributed by atoms with van der Waals surface area (Å²) in [5, 5.41) is 0.966. The third-order valence-electron chi connectivity index (χ3n) is 7.73. The number of morpholine rings is 1. The van der Waals surface area contributed by atoms with E-state index in [1.54, 1.807) is 4.90 Å². The predicted molar refractivity (Wildman–Crippen MR) is 163 cm³/mol. The van der Waals surface area contributed by atoms with Crippen LogP contribution in [0.3, 0.4) is 0 Å². The van der Waals surface area contributed by atoms with E-state index in [1.165, 1.54) is 0 Å². The Morgan fingerprint density at radius 3 is 2.33 bits per heavy atom. The number of carbonyl (C=O) groups excluding carboxylic acids is 2. The molecule has 2 N–H and O–H groups in total. The molecule has 0 spiro atoms. The number of rotatable bonds is 4. The third kappa shape index (κ3) is 5.32. The van der Waals surface area contributed by atoms with Crippen LogP contribution >= 0.6 is 0 Å². The second kappa shape index (κ2) is 10.8. The summed E-state index contributed by atoms with van der Waals surface area (Å²) in [6.45, 7) is 12.6. The highest BCUT2D eigenvalue weighted by molar-refractivity contribution is 6.06. The van der Waals surface area contributed by atoms with Gasteiger partial charge >= 0.3 is 6.09 Å². The number of benzene rings is 2. The Labute approximate surface area is 244 Å². The minimum absolute atomic E-state index is 0.295. The highest BCUT2D eigenvalue weighted by Crippen LogP contribution is 2.34. The molecule has 0 saturated carbocycles. The zero-order valence-corrected chi connectivity index (χ0v) is 24.6. The number of nitrogens with zero attached hydrogens (tertiary/aromatic N) is 6. The van der Waals surface area contributed by atoms with Gasteiger partial charge in [-0.05, 0) is 45.9 Å². The summed E-state index contributed by atoms with van der Waals surface area (Å²) in [6.07, 6.45) is -0.295. The molecule has 0 bridgehead atoms. The number of amides is 2. The molecule has 2 aliphatic rings. The summed E-state index contributed by atoms with van der Waals surface area (Å²) in [4.78, 5) is 41.2. The van der Waals surface area contributed by atoms with Crippen LogP contribution in [0.1, 0.15) is 37.0 Å². The lowest BCUT2D eigenvalue weighted by atomic mass is 10.1. The van der Waals surface area contributed by atoms with Crippen molar-refractivity contribution in [3.05, 3.63) is 53.9 Å². The van der Waals surface area contributed by atoms with E-state index in [0.29, 0.717) is 50.5 Å². The fourth-order valence-electron chi connectivity index (χ4n) is 5.71. The number of anilines is 2. The lowest BCUT2D eigenvalue weighted by Gasteiger charge is -2.36. The number of hydrogen-bond acceptors (Lipinski definition) is 8. The number of ether oxygens (including phenoxy) is 2. The molecule has 2 aromatic carbocycles. The Morgan fingerprint density at radius 1 is 0.929 bits per heavy atom. The largest absolute Gasteiger partial charge is 0.444 e. The maximum Gasteiger partial charge on any atom is 0.410 e. The number of primary amides is 1. The topological polar surface area (TPSA) is 119 Å². The van der Waals surface area contributed by atoms with E-state index in [2.05, 4.69) is 26.5 Å². The van der Waals surface area contributed by atoms with Crippen LogP contribution in [0.25, 0.3) is 27.6 Å². The Kier molecular flexibility index (Phi) is 7.14. The molecule has 0 unspecified atom stereocenters. The Hall–Kier alpha value is -4.38. The summed E-state index contributed by atoms with van der Waals surface area (Å²) >= 11 is 0. The van der Waals surface area contributed by atoms with E-state index in [9.17, 15) is 9.59 Å². The van der Waals surface area contributed by atoms with Gasteiger partial charge in [0.05, 0.1) is 35.5 Å². The van der Waals surface area contributed by atoms with E-state index in [0.717, 1.165) is 52.5 Å². The number of imidazole rings is 1. The zero-order valence-electron chi connectivity index (χ0n) is 24.6. The summed E-state index contributed by atoms with van der Waals surface area (Å²) in [5.41, 5.74) is 9.79. The molecule has 2 aromatic heterocycles. The molecule has 11 heteroatoms. The van der Waals surface area contributed by atoms with Gasteiger partial charge in [-0.1, -0.05) is 18.2 Å². The number of aromatic nitrogens is 3. The van der Waals surface area contributed by atoms with Crippen LogP contribution in [0, 0.1) is 6.92 Å². The van der Waals surface area contributed by atoms with Gasteiger partial charge in [-0.3, -0.25) is 9.36 Å². The van der Waals surface area contributed by atoms with Crippen molar-refractivity contribution in [1.29, 1.82) is 0 Å². The summed E-state index contributed by atoms with van der Waals surface area (Å²) in [5.74, 6) is 1.04. The Bertz CT molecular complexity index is 1660. The molecule has 4 aromatic rings. The lowest BCUT2D eigenvalue weighted by molar-refractivity contribution is 0.0240.